The molecule has 8 nitrogen and oxygen atoms in total. The summed E-state index contributed by atoms with van der Waals surface area (Å²) in [6.07, 6.45) is 1.06. The first-order valence-electron chi connectivity index (χ1n) is 5.55. The highest BCUT2D eigenvalue weighted by Crippen LogP contribution is 2.22. The normalized spacial score (nSPS) is 10.1. The first kappa shape index (κ1) is 14.5. The van der Waals surface area contributed by atoms with Crippen LogP contribution in [0.5, 0.6) is 0 Å². The van der Waals surface area contributed by atoms with Crippen LogP contribution in [0, 0.1) is 10.1 Å². The molecule has 0 atom stereocenters. The number of nitrogens with zero attached hydrogens (tertiary/aromatic N) is 1. The lowest BCUT2D eigenvalue weighted by molar-refractivity contribution is -0.384. The molecular weight excluding hydrogens is 302 g/mol. The van der Waals surface area contributed by atoms with Gasteiger partial charge in [-0.3, -0.25) is 14.9 Å². The zero-order chi connectivity index (χ0) is 15.6. The van der Waals surface area contributed by atoms with Gasteiger partial charge in [0, 0.05) is 11.1 Å². The van der Waals surface area contributed by atoms with Crippen LogP contribution < -0.4 is 5.32 Å². The molecule has 3 N–H and O–H groups in total. The number of carboxylic acid groups (broad SMARTS) is 1. The Morgan fingerprint density at radius 1 is 1.33 bits per heavy atom. The number of carboxylic acids is 1. The molecule has 0 aliphatic rings. The number of aromatic amines is 1. The lowest BCUT2D eigenvalue weighted by Crippen LogP contribution is -2.15. The molecule has 0 fully saturated rings. The van der Waals surface area contributed by atoms with E-state index in [0.29, 0.717) is 0 Å². The number of aromatic nitrogens is 1. The van der Waals surface area contributed by atoms with E-state index < -0.39 is 16.8 Å². The molecule has 9 heteroatoms. The van der Waals surface area contributed by atoms with Crippen LogP contribution in [0.15, 0.2) is 30.5 Å². The Morgan fingerprint density at radius 2 is 2.05 bits per heavy atom. The number of aromatic carboxylic acids is 1. The summed E-state index contributed by atoms with van der Waals surface area (Å²) >= 11 is 5.70. The SMILES string of the molecule is O=C(Nc1ccc(Cl)cc1C(=O)O)c1cc([N+](=O)[O-])c[nH]1. The molecule has 0 saturated heterocycles. The Bertz CT molecular complexity index is 740. The number of nitrogens with one attached hydrogen (secondary N) is 2. The highest BCUT2D eigenvalue weighted by Gasteiger charge is 2.17. The topological polar surface area (TPSA) is 125 Å². The molecule has 0 radical (unpaired) electrons. The van der Waals surface area contributed by atoms with Crippen LogP contribution in [0.4, 0.5) is 11.4 Å². The first-order chi connectivity index (χ1) is 9.88. The molecule has 1 amide bonds. The average Bonchev–Trinajstić information content (AvgIpc) is 2.90. The summed E-state index contributed by atoms with van der Waals surface area (Å²) in [5.41, 5.74) is -0.478. The van der Waals surface area contributed by atoms with Crippen LogP contribution in [0.3, 0.4) is 0 Å². The maximum absolute atomic E-state index is 11.9. The van der Waals surface area contributed by atoms with Crippen molar-refractivity contribution in [3.8, 4) is 0 Å². The zero-order valence-corrected chi connectivity index (χ0v) is 11.0. The monoisotopic (exact) mass is 309 g/mol. The van der Waals surface area contributed by atoms with Gasteiger partial charge in [-0.05, 0) is 18.2 Å². The van der Waals surface area contributed by atoms with Crippen LogP contribution in [0.25, 0.3) is 0 Å². The van der Waals surface area contributed by atoms with Crippen molar-refractivity contribution in [2.24, 2.45) is 0 Å². The number of anilines is 1. The summed E-state index contributed by atoms with van der Waals surface area (Å²) in [5, 5.41) is 22.1. The minimum Gasteiger partial charge on any atom is -0.478 e. The summed E-state index contributed by atoms with van der Waals surface area (Å²) in [7, 11) is 0. The van der Waals surface area contributed by atoms with Gasteiger partial charge in [-0.1, -0.05) is 11.6 Å². The molecular formula is C12H8ClN3O5. The van der Waals surface area contributed by atoms with Crippen LogP contribution in [0.2, 0.25) is 5.02 Å². The Balaban J connectivity index is 2.27. The molecule has 1 aromatic carbocycles. The van der Waals surface area contributed by atoms with E-state index in [2.05, 4.69) is 10.3 Å². The van der Waals surface area contributed by atoms with Crippen molar-refractivity contribution in [3.05, 3.63) is 56.9 Å². The molecule has 0 saturated carbocycles. The minimum atomic E-state index is -1.26. The van der Waals surface area contributed by atoms with Gasteiger partial charge < -0.3 is 15.4 Å². The van der Waals surface area contributed by atoms with Gasteiger partial charge in [-0.25, -0.2) is 4.79 Å². The fraction of sp³-hybridized carbons (Fsp3) is 0. The molecule has 0 unspecified atom stereocenters. The molecule has 108 valence electrons. The number of benzene rings is 1. The van der Waals surface area contributed by atoms with Crippen molar-refractivity contribution in [1.29, 1.82) is 0 Å². The second kappa shape index (κ2) is 5.63. The fourth-order valence-electron chi connectivity index (χ4n) is 1.61. The van der Waals surface area contributed by atoms with Gasteiger partial charge in [-0.2, -0.15) is 0 Å². The van der Waals surface area contributed by atoms with Crippen LogP contribution in [-0.4, -0.2) is 26.9 Å². The summed E-state index contributed by atoms with van der Waals surface area (Å²) in [5.74, 6) is -1.96. The smallest absolute Gasteiger partial charge is 0.337 e. The van der Waals surface area contributed by atoms with E-state index in [1.54, 1.807) is 0 Å². The standard InChI is InChI=1S/C12H8ClN3O5/c13-6-1-2-9(8(3-6)12(18)19)15-11(17)10-4-7(5-14-10)16(20)21/h1-5,14H,(H,15,17)(H,18,19). The van der Waals surface area contributed by atoms with Gasteiger partial charge in [0.2, 0.25) is 0 Å². The third-order valence-corrected chi connectivity index (χ3v) is 2.82. The van der Waals surface area contributed by atoms with Crippen molar-refractivity contribution >= 4 is 34.9 Å². The Morgan fingerprint density at radius 3 is 2.62 bits per heavy atom. The molecule has 1 heterocycles. The van der Waals surface area contributed by atoms with Crippen molar-refractivity contribution in [2.75, 3.05) is 5.32 Å². The lowest BCUT2D eigenvalue weighted by Gasteiger charge is -2.07. The second-order valence-corrected chi connectivity index (χ2v) is 4.41. The number of amides is 1. The highest BCUT2D eigenvalue weighted by atomic mass is 35.5. The van der Waals surface area contributed by atoms with E-state index in [1.807, 2.05) is 0 Å². The zero-order valence-electron chi connectivity index (χ0n) is 10.3. The Kier molecular flexibility index (Phi) is 3.90. The third kappa shape index (κ3) is 3.18. The fourth-order valence-corrected chi connectivity index (χ4v) is 1.78. The second-order valence-electron chi connectivity index (χ2n) is 3.98. The lowest BCUT2D eigenvalue weighted by atomic mass is 10.1. The van der Waals surface area contributed by atoms with E-state index in [4.69, 9.17) is 16.7 Å². The molecule has 0 bridgehead atoms. The maximum Gasteiger partial charge on any atom is 0.337 e. The van der Waals surface area contributed by atoms with Gasteiger partial charge in [0.1, 0.15) is 5.69 Å². The predicted octanol–water partition coefficient (Wildman–Crippen LogP) is 2.53. The molecule has 1 aromatic heterocycles. The summed E-state index contributed by atoms with van der Waals surface area (Å²) in [6.45, 7) is 0. The van der Waals surface area contributed by atoms with Crippen molar-refractivity contribution in [3.63, 3.8) is 0 Å². The van der Waals surface area contributed by atoms with E-state index in [1.165, 1.54) is 18.2 Å². The first-order valence-corrected chi connectivity index (χ1v) is 5.93. The summed E-state index contributed by atoms with van der Waals surface area (Å²) in [6, 6.07) is 4.99. The summed E-state index contributed by atoms with van der Waals surface area (Å²) in [4.78, 5) is 35.3. The van der Waals surface area contributed by atoms with Crippen molar-refractivity contribution in [1.82, 2.24) is 4.98 Å². The van der Waals surface area contributed by atoms with Gasteiger partial charge in [0.05, 0.1) is 22.4 Å². The Labute approximate surface area is 122 Å². The molecule has 2 aromatic rings. The molecule has 0 spiro atoms. The number of nitro groups is 1. The van der Waals surface area contributed by atoms with Crippen LogP contribution >= 0.6 is 11.6 Å². The van der Waals surface area contributed by atoms with E-state index in [0.717, 1.165) is 12.3 Å². The van der Waals surface area contributed by atoms with Gasteiger partial charge in [0.25, 0.3) is 11.6 Å². The van der Waals surface area contributed by atoms with Gasteiger partial charge in [-0.15, -0.1) is 0 Å². The molecule has 21 heavy (non-hydrogen) atoms. The average molecular weight is 310 g/mol. The highest BCUT2D eigenvalue weighted by molar-refractivity contribution is 6.31. The summed E-state index contributed by atoms with van der Waals surface area (Å²) < 4.78 is 0. The number of rotatable bonds is 4. The minimum absolute atomic E-state index is 0.0363. The van der Waals surface area contributed by atoms with Gasteiger partial charge >= 0.3 is 5.97 Å². The number of H-pyrrole nitrogens is 1. The molecule has 2 rings (SSSR count). The number of carbonyl (C=O) groups excluding carboxylic acids is 1. The molecule has 0 aliphatic carbocycles. The number of hydrogen-bond acceptors (Lipinski definition) is 4. The van der Waals surface area contributed by atoms with Crippen LogP contribution in [-0.2, 0) is 0 Å². The Hall–Kier alpha value is -2.87. The van der Waals surface area contributed by atoms with E-state index in [-0.39, 0.29) is 27.7 Å². The predicted molar refractivity (Wildman–Crippen MR) is 73.8 cm³/mol. The maximum atomic E-state index is 11.9. The van der Waals surface area contributed by atoms with E-state index in [9.17, 15) is 19.7 Å². The van der Waals surface area contributed by atoms with Crippen molar-refractivity contribution < 1.29 is 19.6 Å². The quantitative estimate of drug-likeness (QED) is 0.591. The number of halogens is 1. The van der Waals surface area contributed by atoms with Gasteiger partial charge in [0.15, 0.2) is 0 Å². The molecule has 0 aliphatic heterocycles. The third-order valence-electron chi connectivity index (χ3n) is 2.58. The number of hydrogen-bond donors (Lipinski definition) is 3. The largest absolute Gasteiger partial charge is 0.478 e. The van der Waals surface area contributed by atoms with Crippen LogP contribution in [0.1, 0.15) is 20.8 Å². The van der Waals surface area contributed by atoms with E-state index >= 15 is 0 Å². The van der Waals surface area contributed by atoms with Crippen molar-refractivity contribution in [2.45, 2.75) is 0 Å². The number of carbonyl (C=O) groups is 2.